The highest BCUT2D eigenvalue weighted by molar-refractivity contribution is 6.05. The van der Waals surface area contributed by atoms with Crippen molar-refractivity contribution in [2.24, 2.45) is 5.92 Å². The van der Waals surface area contributed by atoms with Crippen LogP contribution in [0.4, 0.5) is 5.69 Å². The second kappa shape index (κ2) is 15.0. The number of carbonyl (C=O) groups excluding carboxylic acids is 2. The predicted octanol–water partition coefficient (Wildman–Crippen LogP) is 3.43. The van der Waals surface area contributed by atoms with E-state index in [0.717, 1.165) is 0 Å². The molecule has 0 aliphatic rings. The molecule has 11 nitrogen and oxygen atoms in total. The van der Waals surface area contributed by atoms with E-state index in [1.165, 1.54) is 24.4 Å². The Balaban J connectivity index is 1.44. The number of pyridine rings is 1. The Morgan fingerprint density at radius 3 is 2.26 bits per heavy atom. The normalized spacial score (nSPS) is 11.3. The first-order valence-corrected chi connectivity index (χ1v) is 12.4. The zero-order valence-electron chi connectivity index (χ0n) is 22.0. The van der Waals surface area contributed by atoms with E-state index >= 15 is 0 Å². The highest BCUT2D eigenvalue weighted by Gasteiger charge is 2.15. The lowest BCUT2D eigenvalue weighted by molar-refractivity contribution is 0.0000838. The number of aromatic nitrogens is 2. The van der Waals surface area contributed by atoms with Crippen LogP contribution in [-0.2, 0) is 18.9 Å². The van der Waals surface area contributed by atoms with Crippen molar-refractivity contribution in [2.75, 3.05) is 65.3 Å². The number of aromatic hydroxyl groups is 1. The molecule has 0 bridgehead atoms. The zero-order chi connectivity index (χ0) is 27.3. The number of ether oxygens (including phenoxy) is 5. The van der Waals surface area contributed by atoms with E-state index in [0.29, 0.717) is 67.6 Å². The van der Waals surface area contributed by atoms with Crippen LogP contribution in [0.1, 0.15) is 34.7 Å². The van der Waals surface area contributed by atoms with Gasteiger partial charge in [0.05, 0.1) is 63.8 Å². The molecule has 0 atom stereocenters. The SMILES string of the molecule is COCCOCCOCCOCCOc1cc(C(=O)Nc2cnc3[nH]c(C(=O)C(C)C)cc3c2)ccc1O. The number of phenolic OH excluding ortho intramolecular Hbond substituents is 1. The van der Waals surface area contributed by atoms with Crippen LogP contribution in [0.3, 0.4) is 0 Å². The average Bonchev–Trinajstić information content (AvgIpc) is 3.33. The van der Waals surface area contributed by atoms with Crippen LogP contribution in [0.2, 0.25) is 0 Å². The maximum Gasteiger partial charge on any atom is 0.255 e. The fourth-order valence-electron chi connectivity index (χ4n) is 3.40. The van der Waals surface area contributed by atoms with Crippen LogP contribution >= 0.6 is 0 Å². The summed E-state index contributed by atoms with van der Waals surface area (Å²) in [6.45, 7) is 7.00. The summed E-state index contributed by atoms with van der Waals surface area (Å²) < 4.78 is 26.6. The summed E-state index contributed by atoms with van der Waals surface area (Å²) in [5.74, 6) is -0.471. The van der Waals surface area contributed by atoms with Crippen molar-refractivity contribution < 1.29 is 38.4 Å². The Hall–Kier alpha value is -3.51. The number of anilines is 1. The number of carbonyl (C=O) groups is 2. The Labute approximate surface area is 221 Å². The number of nitrogens with one attached hydrogen (secondary N) is 2. The lowest BCUT2D eigenvalue weighted by atomic mass is 10.1. The number of hydrogen-bond donors (Lipinski definition) is 3. The Bertz CT molecular complexity index is 1190. The molecule has 1 amide bonds. The zero-order valence-corrected chi connectivity index (χ0v) is 22.0. The van der Waals surface area contributed by atoms with Crippen LogP contribution in [0.5, 0.6) is 11.5 Å². The number of benzene rings is 1. The van der Waals surface area contributed by atoms with Crippen molar-refractivity contribution in [1.82, 2.24) is 9.97 Å². The minimum atomic E-state index is -0.399. The molecule has 0 saturated heterocycles. The van der Waals surface area contributed by atoms with Gasteiger partial charge in [-0.3, -0.25) is 9.59 Å². The van der Waals surface area contributed by atoms with E-state index in [9.17, 15) is 14.7 Å². The molecule has 2 aromatic heterocycles. The van der Waals surface area contributed by atoms with Crippen molar-refractivity contribution in [2.45, 2.75) is 13.8 Å². The van der Waals surface area contributed by atoms with Gasteiger partial charge in [0, 0.05) is 24.0 Å². The number of amides is 1. The number of phenols is 1. The van der Waals surface area contributed by atoms with Crippen LogP contribution < -0.4 is 10.1 Å². The average molecular weight is 530 g/mol. The number of hydrogen-bond acceptors (Lipinski definition) is 9. The molecule has 11 heteroatoms. The maximum atomic E-state index is 12.8. The summed E-state index contributed by atoms with van der Waals surface area (Å²) >= 11 is 0. The van der Waals surface area contributed by atoms with E-state index in [2.05, 4.69) is 15.3 Å². The molecule has 206 valence electrons. The summed E-state index contributed by atoms with van der Waals surface area (Å²) in [4.78, 5) is 32.3. The summed E-state index contributed by atoms with van der Waals surface area (Å²) in [5, 5.41) is 13.6. The molecular formula is C27H35N3O8. The van der Waals surface area contributed by atoms with Gasteiger partial charge in [-0.05, 0) is 30.3 Å². The molecule has 38 heavy (non-hydrogen) atoms. The molecule has 0 fully saturated rings. The van der Waals surface area contributed by atoms with E-state index in [1.54, 1.807) is 19.2 Å². The number of fused-ring (bicyclic) bond motifs is 1. The fourth-order valence-corrected chi connectivity index (χ4v) is 3.40. The number of nitrogens with zero attached hydrogens (tertiary/aromatic N) is 1. The van der Waals surface area contributed by atoms with Gasteiger partial charge in [0.25, 0.3) is 5.91 Å². The summed E-state index contributed by atoms with van der Waals surface area (Å²) in [6.07, 6.45) is 1.51. The van der Waals surface area contributed by atoms with Crippen molar-refractivity contribution in [3.63, 3.8) is 0 Å². The van der Waals surface area contributed by atoms with Gasteiger partial charge >= 0.3 is 0 Å². The van der Waals surface area contributed by atoms with Gasteiger partial charge in [-0.15, -0.1) is 0 Å². The minimum Gasteiger partial charge on any atom is -0.504 e. The molecule has 0 aliphatic carbocycles. The fraction of sp³-hybridized carbons (Fsp3) is 0.444. The molecule has 2 heterocycles. The first-order chi connectivity index (χ1) is 18.4. The van der Waals surface area contributed by atoms with Crippen LogP contribution in [0.25, 0.3) is 11.0 Å². The quantitative estimate of drug-likeness (QED) is 0.177. The van der Waals surface area contributed by atoms with Crippen molar-refractivity contribution in [3.05, 3.63) is 47.8 Å². The molecule has 0 aliphatic heterocycles. The molecule has 3 aromatic rings. The standard InChI is InChI=1S/C27H35N3O8/c1-18(2)25(32)22-15-20-14-21(17-28-26(20)30-22)29-27(33)19-4-5-23(31)24(16-19)38-13-12-37-11-10-36-9-8-35-7-6-34-3/h4-5,14-18,31H,6-13H2,1-3H3,(H,28,30)(H,29,33). The molecule has 0 saturated carbocycles. The van der Waals surface area contributed by atoms with Gasteiger partial charge in [0.2, 0.25) is 0 Å². The maximum absolute atomic E-state index is 12.8. The number of H-pyrrole nitrogens is 1. The summed E-state index contributed by atoms with van der Waals surface area (Å²) in [7, 11) is 1.62. The molecule has 3 N–H and O–H groups in total. The number of Topliss-reactive ketones (excluding diaryl/α,β-unsaturated/α-hetero) is 1. The highest BCUT2D eigenvalue weighted by atomic mass is 16.6. The predicted molar refractivity (Wildman–Crippen MR) is 141 cm³/mol. The Morgan fingerprint density at radius 2 is 1.61 bits per heavy atom. The van der Waals surface area contributed by atoms with Crippen LogP contribution in [-0.4, -0.2) is 86.7 Å². The van der Waals surface area contributed by atoms with E-state index in [4.69, 9.17) is 23.7 Å². The van der Waals surface area contributed by atoms with Gasteiger partial charge in [0.1, 0.15) is 12.3 Å². The number of methoxy groups -OCH3 is 1. The van der Waals surface area contributed by atoms with Gasteiger partial charge in [-0.1, -0.05) is 13.8 Å². The molecule has 0 unspecified atom stereocenters. The van der Waals surface area contributed by atoms with Crippen molar-refractivity contribution in [3.8, 4) is 11.5 Å². The second-order valence-corrected chi connectivity index (χ2v) is 8.68. The second-order valence-electron chi connectivity index (χ2n) is 8.68. The Kier molecular flexibility index (Phi) is 11.5. The third-order valence-electron chi connectivity index (χ3n) is 5.40. The summed E-state index contributed by atoms with van der Waals surface area (Å²) in [5.41, 5.74) is 1.81. The Morgan fingerprint density at radius 1 is 0.947 bits per heavy atom. The number of ketones is 1. The van der Waals surface area contributed by atoms with Crippen molar-refractivity contribution >= 4 is 28.4 Å². The van der Waals surface area contributed by atoms with Gasteiger partial charge < -0.3 is 39.1 Å². The third-order valence-corrected chi connectivity index (χ3v) is 5.40. The van der Waals surface area contributed by atoms with E-state index in [-0.39, 0.29) is 36.4 Å². The largest absolute Gasteiger partial charge is 0.504 e. The minimum absolute atomic E-state index is 0.0107. The lowest BCUT2D eigenvalue weighted by Crippen LogP contribution is -2.14. The molecular weight excluding hydrogens is 494 g/mol. The monoisotopic (exact) mass is 529 g/mol. The van der Waals surface area contributed by atoms with Gasteiger partial charge in [-0.25, -0.2) is 4.98 Å². The molecule has 1 aromatic carbocycles. The van der Waals surface area contributed by atoms with Gasteiger partial charge in [-0.2, -0.15) is 0 Å². The smallest absolute Gasteiger partial charge is 0.255 e. The first kappa shape index (κ1) is 29.1. The molecule has 0 radical (unpaired) electrons. The van der Waals surface area contributed by atoms with Gasteiger partial charge in [0.15, 0.2) is 17.3 Å². The highest BCUT2D eigenvalue weighted by Crippen LogP contribution is 2.27. The van der Waals surface area contributed by atoms with E-state index in [1.807, 2.05) is 13.8 Å². The number of aromatic amines is 1. The third kappa shape index (κ3) is 8.80. The summed E-state index contributed by atoms with van der Waals surface area (Å²) in [6, 6.07) is 7.80. The lowest BCUT2D eigenvalue weighted by Gasteiger charge is -2.11. The van der Waals surface area contributed by atoms with E-state index < -0.39 is 5.91 Å². The topological polar surface area (TPSA) is 141 Å². The first-order valence-electron chi connectivity index (χ1n) is 12.4. The van der Waals surface area contributed by atoms with Crippen molar-refractivity contribution in [1.29, 1.82) is 0 Å². The molecule has 0 spiro atoms. The molecule has 3 rings (SSSR count). The number of rotatable bonds is 17. The van der Waals surface area contributed by atoms with Crippen LogP contribution in [0, 0.1) is 5.92 Å². The van der Waals surface area contributed by atoms with Crippen LogP contribution in [0.15, 0.2) is 36.5 Å².